The molecule has 0 saturated carbocycles. The van der Waals surface area contributed by atoms with E-state index in [4.69, 9.17) is 0 Å². The van der Waals surface area contributed by atoms with Gasteiger partial charge in [0.25, 0.3) is 0 Å². The molecule has 0 fully saturated rings. The Hall–Kier alpha value is -6.64. The minimum absolute atomic E-state index is 0.0591. The van der Waals surface area contributed by atoms with Gasteiger partial charge in [-0.2, -0.15) is 0 Å². The van der Waals surface area contributed by atoms with Crippen LogP contribution in [0.4, 0.5) is 17.1 Å². The van der Waals surface area contributed by atoms with Crippen molar-refractivity contribution in [2.75, 3.05) is 4.90 Å². The van der Waals surface area contributed by atoms with Gasteiger partial charge in [0.2, 0.25) is 0 Å². The molecular formula is C51H38N2. The number of hydrogen-bond donors (Lipinski definition) is 0. The van der Waals surface area contributed by atoms with Crippen molar-refractivity contribution in [1.82, 2.24) is 4.57 Å². The molecule has 1 aromatic heterocycles. The first-order valence-electron chi connectivity index (χ1n) is 18.4. The Kier molecular flexibility index (Phi) is 7.19. The quantitative estimate of drug-likeness (QED) is 0.170. The molecule has 0 N–H and O–H groups in total. The first-order valence-corrected chi connectivity index (χ1v) is 18.4. The minimum atomic E-state index is -0.0591. The molecule has 0 atom stereocenters. The van der Waals surface area contributed by atoms with Gasteiger partial charge in [0, 0.05) is 38.9 Å². The van der Waals surface area contributed by atoms with Gasteiger partial charge in [-0.25, -0.2) is 0 Å². The third-order valence-corrected chi connectivity index (χ3v) is 11.2. The minimum Gasteiger partial charge on any atom is -0.310 e. The lowest BCUT2D eigenvalue weighted by Crippen LogP contribution is -2.15. The largest absolute Gasteiger partial charge is 0.310 e. The second-order valence-corrected chi connectivity index (χ2v) is 14.6. The maximum atomic E-state index is 2.44. The number of fused-ring (bicyclic) bond motifs is 6. The molecule has 0 aliphatic heterocycles. The van der Waals surface area contributed by atoms with Crippen LogP contribution in [-0.2, 0) is 5.41 Å². The predicted octanol–water partition coefficient (Wildman–Crippen LogP) is 13.9. The summed E-state index contributed by atoms with van der Waals surface area (Å²) in [5, 5.41) is 2.51. The maximum absolute atomic E-state index is 2.44. The topological polar surface area (TPSA) is 8.17 Å². The van der Waals surface area contributed by atoms with Gasteiger partial charge >= 0.3 is 0 Å². The van der Waals surface area contributed by atoms with Gasteiger partial charge in [-0.15, -0.1) is 0 Å². The molecule has 2 heteroatoms. The molecule has 1 aliphatic carbocycles. The molecule has 1 heterocycles. The number of anilines is 3. The molecule has 1 aliphatic rings. The monoisotopic (exact) mass is 678 g/mol. The summed E-state index contributed by atoms with van der Waals surface area (Å²) in [4.78, 5) is 2.34. The Labute approximate surface area is 310 Å². The van der Waals surface area contributed by atoms with Crippen molar-refractivity contribution in [1.29, 1.82) is 0 Å². The second-order valence-electron chi connectivity index (χ2n) is 14.6. The molecule has 8 aromatic carbocycles. The van der Waals surface area contributed by atoms with Crippen molar-refractivity contribution in [3.05, 3.63) is 205 Å². The van der Waals surface area contributed by atoms with E-state index in [-0.39, 0.29) is 5.41 Å². The third-order valence-electron chi connectivity index (χ3n) is 11.2. The molecule has 10 rings (SSSR count). The van der Waals surface area contributed by atoms with Gasteiger partial charge in [-0.05, 0) is 111 Å². The number of para-hydroxylation sites is 2. The van der Waals surface area contributed by atoms with Gasteiger partial charge < -0.3 is 9.47 Å². The molecule has 0 unspecified atom stereocenters. The number of benzene rings is 8. The lowest BCUT2D eigenvalue weighted by atomic mass is 9.82. The number of aromatic nitrogens is 1. The smallest absolute Gasteiger partial charge is 0.0541 e. The summed E-state index contributed by atoms with van der Waals surface area (Å²) >= 11 is 0. The molecule has 53 heavy (non-hydrogen) atoms. The lowest BCUT2D eigenvalue weighted by molar-refractivity contribution is 0.660. The molecule has 9 aromatic rings. The zero-order valence-electron chi connectivity index (χ0n) is 29.9. The molecule has 0 amide bonds. The van der Waals surface area contributed by atoms with Gasteiger partial charge in [0.15, 0.2) is 0 Å². The van der Waals surface area contributed by atoms with Crippen LogP contribution in [0.3, 0.4) is 0 Å². The normalized spacial score (nSPS) is 12.9. The van der Waals surface area contributed by atoms with Crippen LogP contribution >= 0.6 is 0 Å². The molecular weight excluding hydrogens is 641 g/mol. The van der Waals surface area contributed by atoms with Gasteiger partial charge in [0.05, 0.1) is 11.0 Å². The number of rotatable bonds is 6. The standard InChI is InChI=1S/C51H38N2/c1-51(2)47-22-11-9-20-43(47)44-30-29-42(34-48(44)51)53-49-23-12-10-21-45(49)46-33-38(26-31-50(46)53)37-16-13-19-41(32-37)52(39-17-7-4-8-18-39)40-27-24-36(25-28-40)35-14-5-3-6-15-35/h3-34H,1-2H3. The fourth-order valence-corrected chi connectivity index (χ4v) is 8.54. The van der Waals surface area contributed by atoms with Crippen molar-refractivity contribution in [3.8, 4) is 39.1 Å². The van der Waals surface area contributed by atoms with E-state index in [0.29, 0.717) is 0 Å². The Morgan fingerprint density at radius 3 is 1.79 bits per heavy atom. The summed E-state index contributed by atoms with van der Waals surface area (Å²) in [7, 11) is 0. The summed E-state index contributed by atoms with van der Waals surface area (Å²) in [6, 6.07) is 70.7. The molecule has 2 nitrogen and oxygen atoms in total. The lowest BCUT2D eigenvalue weighted by Gasteiger charge is -2.26. The van der Waals surface area contributed by atoms with Gasteiger partial charge in [0.1, 0.15) is 0 Å². The molecule has 252 valence electrons. The van der Waals surface area contributed by atoms with Crippen molar-refractivity contribution in [3.63, 3.8) is 0 Å². The molecule has 0 saturated heterocycles. The third kappa shape index (κ3) is 5.10. The Morgan fingerprint density at radius 2 is 0.962 bits per heavy atom. The summed E-state index contributed by atoms with van der Waals surface area (Å²) in [5.41, 5.74) is 17.2. The van der Waals surface area contributed by atoms with E-state index in [1.165, 1.54) is 72.0 Å². The number of nitrogens with zero attached hydrogens (tertiary/aromatic N) is 2. The van der Waals surface area contributed by atoms with Crippen LogP contribution in [-0.4, -0.2) is 4.57 Å². The summed E-state index contributed by atoms with van der Waals surface area (Å²) in [6.07, 6.45) is 0. The fourth-order valence-electron chi connectivity index (χ4n) is 8.54. The number of hydrogen-bond acceptors (Lipinski definition) is 1. The van der Waals surface area contributed by atoms with E-state index in [1.54, 1.807) is 0 Å². The Morgan fingerprint density at radius 1 is 0.377 bits per heavy atom. The maximum Gasteiger partial charge on any atom is 0.0541 e. The zero-order chi connectivity index (χ0) is 35.5. The highest BCUT2D eigenvalue weighted by Gasteiger charge is 2.35. The van der Waals surface area contributed by atoms with Crippen LogP contribution < -0.4 is 4.90 Å². The summed E-state index contributed by atoms with van der Waals surface area (Å²) in [6.45, 7) is 4.71. The SMILES string of the molecule is CC1(C)c2ccccc2-c2ccc(-n3c4ccccc4c4cc(-c5cccc(N(c6ccccc6)c6ccc(-c7ccccc7)cc6)c5)ccc43)cc21. The fraction of sp³-hybridized carbons (Fsp3) is 0.0588. The molecule has 0 bridgehead atoms. The van der Waals surface area contributed by atoms with E-state index < -0.39 is 0 Å². The average Bonchev–Trinajstić information content (AvgIpc) is 3.67. The first kappa shape index (κ1) is 31.1. The van der Waals surface area contributed by atoms with Crippen molar-refractivity contribution in [2.45, 2.75) is 19.3 Å². The zero-order valence-corrected chi connectivity index (χ0v) is 29.9. The van der Waals surface area contributed by atoms with Crippen molar-refractivity contribution in [2.24, 2.45) is 0 Å². The van der Waals surface area contributed by atoms with Gasteiger partial charge in [-0.3, -0.25) is 0 Å². The van der Waals surface area contributed by atoms with Crippen LogP contribution in [0, 0.1) is 0 Å². The van der Waals surface area contributed by atoms with Crippen molar-refractivity contribution < 1.29 is 0 Å². The highest BCUT2D eigenvalue weighted by atomic mass is 15.1. The summed E-state index contributed by atoms with van der Waals surface area (Å²) < 4.78 is 2.44. The van der Waals surface area contributed by atoms with Crippen LogP contribution in [0.1, 0.15) is 25.0 Å². The average molecular weight is 679 g/mol. The predicted molar refractivity (Wildman–Crippen MR) is 224 cm³/mol. The molecule has 0 radical (unpaired) electrons. The van der Waals surface area contributed by atoms with Crippen LogP contribution in [0.15, 0.2) is 194 Å². The van der Waals surface area contributed by atoms with E-state index >= 15 is 0 Å². The van der Waals surface area contributed by atoms with E-state index in [9.17, 15) is 0 Å². The Bertz CT molecular complexity index is 2790. The highest BCUT2D eigenvalue weighted by Crippen LogP contribution is 2.49. The Balaban J connectivity index is 1.07. The van der Waals surface area contributed by atoms with Crippen LogP contribution in [0.25, 0.3) is 60.9 Å². The van der Waals surface area contributed by atoms with E-state index in [1.807, 2.05) is 0 Å². The van der Waals surface area contributed by atoms with E-state index in [2.05, 4.69) is 217 Å². The van der Waals surface area contributed by atoms with Crippen LogP contribution in [0.2, 0.25) is 0 Å². The highest BCUT2D eigenvalue weighted by molar-refractivity contribution is 6.10. The molecule has 0 spiro atoms. The first-order chi connectivity index (χ1) is 26.0. The van der Waals surface area contributed by atoms with E-state index in [0.717, 1.165) is 17.1 Å². The van der Waals surface area contributed by atoms with Crippen molar-refractivity contribution >= 4 is 38.9 Å². The second kappa shape index (κ2) is 12.3. The summed E-state index contributed by atoms with van der Waals surface area (Å²) in [5.74, 6) is 0. The van der Waals surface area contributed by atoms with Crippen LogP contribution in [0.5, 0.6) is 0 Å². The van der Waals surface area contributed by atoms with Gasteiger partial charge in [-0.1, -0.05) is 141 Å².